The molecule has 0 saturated carbocycles. The molecule has 0 spiro atoms. The van der Waals surface area contributed by atoms with Crippen LogP contribution in [-0.2, 0) is 26.1 Å². The van der Waals surface area contributed by atoms with Gasteiger partial charge in [-0.05, 0) is 48.9 Å². The summed E-state index contributed by atoms with van der Waals surface area (Å²) >= 11 is 0. The lowest BCUT2D eigenvalue weighted by molar-refractivity contribution is 0.269. The van der Waals surface area contributed by atoms with E-state index < -0.39 is 23.3 Å². The second-order valence-corrected chi connectivity index (χ2v) is 7.28. The fourth-order valence-corrected chi connectivity index (χ4v) is 3.28. The molecule has 0 aliphatic rings. The van der Waals surface area contributed by atoms with Gasteiger partial charge in [-0.15, -0.1) is 0 Å². The summed E-state index contributed by atoms with van der Waals surface area (Å²) in [5.74, 6) is -2.99. The lowest BCUT2D eigenvalue weighted by atomic mass is 9.98. The number of hydrogen-bond acceptors (Lipinski definition) is 3. The molecule has 2 aromatic carbocycles. The van der Waals surface area contributed by atoms with Gasteiger partial charge in [-0.3, -0.25) is 0 Å². The number of unbranched alkanes of at least 4 members (excludes halogenated alkanes) is 1. The number of nitrogens with one attached hydrogen (secondary N) is 1. The summed E-state index contributed by atoms with van der Waals surface area (Å²) in [6.07, 6.45) is 1.59. The van der Waals surface area contributed by atoms with Crippen LogP contribution in [-0.4, -0.2) is 16.8 Å². The van der Waals surface area contributed by atoms with Crippen molar-refractivity contribution in [2.24, 2.45) is 0 Å². The van der Waals surface area contributed by atoms with Crippen LogP contribution >= 0.6 is 0 Å². The van der Waals surface area contributed by atoms with Crippen LogP contribution in [0.4, 0.5) is 17.6 Å². The molecule has 3 aromatic rings. The lowest BCUT2D eigenvalue weighted by Gasteiger charge is -2.14. The van der Waals surface area contributed by atoms with Gasteiger partial charge in [-0.25, -0.2) is 22.2 Å². The Balaban J connectivity index is 1.87. The summed E-state index contributed by atoms with van der Waals surface area (Å²) in [4.78, 5) is 0. The molecular weight excluding hydrogens is 410 g/mol. The fourth-order valence-electron chi connectivity index (χ4n) is 3.28. The Morgan fingerprint density at radius 1 is 1.00 bits per heavy atom. The van der Waals surface area contributed by atoms with Crippen LogP contribution in [0.15, 0.2) is 36.4 Å². The monoisotopic (exact) mass is 435 g/mol. The van der Waals surface area contributed by atoms with Crippen molar-refractivity contribution < 1.29 is 22.3 Å². The Hall–Kier alpha value is -2.87. The number of ether oxygens (including phenoxy) is 1. The maximum atomic E-state index is 14.6. The highest BCUT2D eigenvalue weighted by molar-refractivity contribution is 5.35. The third-order valence-electron chi connectivity index (χ3n) is 4.92. The number of aryl methyl sites for hydroxylation is 1. The van der Waals surface area contributed by atoms with Gasteiger partial charge in [0, 0.05) is 31.1 Å². The lowest BCUT2D eigenvalue weighted by Crippen LogP contribution is -2.10. The fraction of sp³-hybridized carbons (Fsp3) is 0.348. The van der Waals surface area contributed by atoms with E-state index in [2.05, 4.69) is 17.3 Å². The zero-order valence-corrected chi connectivity index (χ0v) is 17.5. The summed E-state index contributed by atoms with van der Waals surface area (Å²) in [5, 5.41) is 7.52. The number of halogens is 4. The van der Waals surface area contributed by atoms with Crippen LogP contribution in [0.1, 0.15) is 42.1 Å². The average Bonchev–Trinajstić information content (AvgIpc) is 3.13. The molecule has 0 aliphatic heterocycles. The van der Waals surface area contributed by atoms with Crippen molar-refractivity contribution in [1.82, 2.24) is 15.1 Å². The van der Waals surface area contributed by atoms with Crippen molar-refractivity contribution in [1.29, 1.82) is 0 Å². The van der Waals surface area contributed by atoms with Crippen LogP contribution in [0.3, 0.4) is 0 Å². The highest BCUT2D eigenvalue weighted by Gasteiger charge is 2.18. The molecule has 1 heterocycles. The Morgan fingerprint density at radius 2 is 1.77 bits per heavy atom. The molecule has 0 fully saturated rings. The van der Waals surface area contributed by atoms with Gasteiger partial charge in [-0.2, -0.15) is 5.10 Å². The van der Waals surface area contributed by atoms with E-state index in [-0.39, 0.29) is 24.2 Å². The predicted octanol–water partition coefficient (Wildman–Crippen LogP) is 5.13. The number of benzene rings is 2. The first-order chi connectivity index (χ1) is 14.9. The van der Waals surface area contributed by atoms with Crippen LogP contribution in [0.25, 0.3) is 0 Å². The van der Waals surface area contributed by atoms with E-state index in [1.54, 1.807) is 10.7 Å². The summed E-state index contributed by atoms with van der Waals surface area (Å²) in [5.41, 5.74) is 1.01. The van der Waals surface area contributed by atoms with Gasteiger partial charge in [-0.1, -0.05) is 19.4 Å². The van der Waals surface area contributed by atoms with Crippen molar-refractivity contribution in [2.45, 2.75) is 45.9 Å². The molecular formula is C23H25F4N3O. The number of nitrogens with zero attached hydrogens (tertiary/aromatic N) is 2. The molecule has 4 nitrogen and oxygen atoms in total. The normalized spacial score (nSPS) is 11.2. The minimum Gasteiger partial charge on any atom is -0.473 e. The molecule has 0 radical (unpaired) electrons. The topological polar surface area (TPSA) is 39.1 Å². The Morgan fingerprint density at radius 3 is 2.52 bits per heavy atom. The first-order valence-electron chi connectivity index (χ1n) is 10.2. The van der Waals surface area contributed by atoms with Crippen molar-refractivity contribution >= 4 is 0 Å². The smallest absolute Gasteiger partial charge is 0.212 e. The summed E-state index contributed by atoms with van der Waals surface area (Å²) in [7, 11) is 1.81. The minimum atomic E-state index is -1.10. The van der Waals surface area contributed by atoms with Gasteiger partial charge < -0.3 is 10.1 Å². The third kappa shape index (κ3) is 5.64. The maximum absolute atomic E-state index is 14.6. The van der Waals surface area contributed by atoms with Crippen molar-refractivity contribution in [3.05, 3.63) is 82.1 Å². The Labute approximate surface area is 178 Å². The molecule has 0 atom stereocenters. The van der Waals surface area contributed by atoms with Crippen LogP contribution in [0.5, 0.6) is 5.88 Å². The van der Waals surface area contributed by atoms with Crippen LogP contribution in [0, 0.1) is 23.3 Å². The highest BCUT2D eigenvalue weighted by atomic mass is 19.2. The van der Waals surface area contributed by atoms with Crippen LogP contribution in [0.2, 0.25) is 0 Å². The van der Waals surface area contributed by atoms with Gasteiger partial charge >= 0.3 is 0 Å². The largest absolute Gasteiger partial charge is 0.473 e. The number of aromatic nitrogens is 2. The second-order valence-electron chi connectivity index (χ2n) is 7.28. The van der Waals surface area contributed by atoms with E-state index in [9.17, 15) is 17.6 Å². The molecule has 1 N–H and O–H groups in total. The molecule has 0 aliphatic carbocycles. The molecule has 8 heteroatoms. The molecule has 3 rings (SSSR count). The predicted molar refractivity (Wildman–Crippen MR) is 110 cm³/mol. The average molecular weight is 435 g/mol. The van der Waals surface area contributed by atoms with Crippen molar-refractivity contribution in [3.8, 4) is 5.88 Å². The van der Waals surface area contributed by atoms with Crippen molar-refractivity contribution in [3.63, 3.8) is 0 Å². The number of hydrogen-bond donors (Lipinski definition) is 1. The molecule has 1 aromatic heterocycles. The molecule has 0 bridgehead atoms. The molecule has 0 unspecified atom stereocenters. The zero-order valence-electron chi connectivity index (χ0n) is 17.5. The quantitative estimate of drug-likeness (QED) is 0.449. The SMILES string of the molecule is CCCCn1nc(CNC)cc1OCc1ccc(F)c(F)c1Cc1cc(F)ccc1F. The van der Waals surface area contributed by atoms with E-state index in [1.165, 1.54) is 6.07 Å². The van der Waals surface area contributed by atoms with Gasteiger partial charge in [0.25, 0.3) is 0 Å². The molecule has 166 valence electrons. The third-order valence-corrected chi connectivity index (χ3v) is 4.92. The summed E-state index contributed by atoms with van der Waals surface area (Å²) < 4.78 is 63.7. The minimum absolute atomic E-state index is 0.0601. The number of rotatable bonds is 10. The summed E-state index contributed by atoms with van der Waals surface area (Å²) in [6.45, 7) is 3.22. The van der Waals surface area contributed by atoms with E-state index >= 15 is 0 Å². The van der Waals surface area contributed by atoms with Gasteiger partial charge in [0.15, 0.2) is 11.6 Å². The maximum Gasteiger partial charge on any atom is 0.212 e. The summed E-state index contributed by atoms with van der Waals surface area (Å²) in [6, 6.07) is 7.11. The van der Waals surface area contributed by atoms with E-state index in [0.29, 0.717) is 24.5 Å². The Bertz CT molecular complexity index is 1040. The van der Waals surface area contributed by atoms with E-state index in [0.717, 1.165) is 42.8 Å². The van der Waals surface area contributed by atoms with Gasteiger partial charge in [0.1, 0.15) is 18.2 Å². The molecule has 0 amide bonds. The van der Waals surface area contributed by atoms with Gasteiger partial charge in [0.2, 0.25) is 5.88 Å². The molecule has 0 saturated heterocycles. The Kier molecular flexibility index (Phi) is 7.68. The van der Waals surface area contributed by atoms with Gasteiger partial charge in [0.05, 0.1) is 5.69 Å². The second kappa shape index (κ2) is 10.4. The molecule has 31 heavy (non-hydrogen) atoms. The standard InChI is InChI=1S/C23H25F4N3O/c1-3-4-9-30-22(12-18(29-30)13-28-2)31-14-15-5-7-21(26)23(27)19(15)11-16-10-17(24)6-8-20(16)25/h5-8,10,12,28H,3-4,9,11,13-14H2,1-2H3. The highest BCUT2D eigenvalue weighted by Crippen LogP contribution is 2.25. The van der Waals surface area contributed by atoms with Crippen molar-refractivity contribution in [2.75, 3.05) is 7.05 Å². The zero-order chi connectivity index (χ0) is 22.4. The first-order valence-corrected chi connectivity index (χ1v) is 10.2. The van der Waals surface area contributed by atoms with Crippen LogP contribution < -0.4 is 10.1 Å². The van der Waals surface area contributed by atoms with E-state index in [1.807, 2.05) is 7.05 Å². The van der Waals surface area contributed by atoms with E-state index in [4.69, 9.17) is 4.74 Å². The first kappa shape index (κ1) is 22.8.